The first-order valence-corrected chi connectivity index (χ1v) is 23.1. The van der Waals surface area contributed by atoms with Crippen molar-refractivity contribution in [2.24, 2.45) is 0 Å². The third-order valence-corrected chi connectivity index (χ3v) is 15.5. The fraction of sp³-hybridized carbons (Fsp3) is 1.00. The Kier molecular flexibility index (Phi) is 21.9. The number of hydrogen-bond acceptors (Lipinski definition) is 19. The van der Waals surface area contributed by atoms with E-state index in [0.717, 1.165) is 44.9 Å². The maximum atomic E-state index is 13.5. The molecule has 1 rings (SSSR count). The third-order valence-electron chi connectivity index (χ3n) is 6.23. The number of rotatable bonds is 24. The van der Waals surface area contributed by atoms with Crippen LogP contribution in [0.4, 0.5) is 0 Å². The summed E-state index contributed by atoms with van der Waals surface area (Å²) in [7, 11) is -37.8. The number of aliphatic hydroxyl groups excluding tert-OH is 5. The Balaban J connectivity index is 0.0000240. The summed E-state index contributed by atoms with van der Waals surface area (Å²) >= 11 is 0. The standard InChI is InChI=1S/C18H42O25P6.Na.H/c1-2-3-4-5-6-7-8-9-10-11-12-37-49(36,38-18(24)16(22)14(20)13(19)15(21)17(18)23)43-48(34,35)42-47(32,33)41-46(30,31)40-45(28,29)39-44(25,26)27;;/h13-17,19-24H,2-12H2,1H3,(H,28,29)(H,30,31)(H,32,33)(H,34,35)(H2,25,26,27);;/t13-,14-,15+,16-,17-,18-,49?;;/m1../s1. The van der Waals surface area contributed by atoms with Crippen LogP contribution in [0.5, 0.6) is 0 Å². The van der Waals surface area contributed by atoms with E-state index in [1.54, 1.807) is 0 Å². The zero-order chi connectivity index (χ0) is 38.1. The molecule has 0 bridgehead atoms. The van der Waals surface area contributed by atoms with Gasteiger partial charge in [-0.05, 0) is 6.42 Å². The normalized spacial score (nSPS) is 30.5. The van der Waals surface area contributed by atoms with E-state index in [9.17, 15) is 72.7 Å². The minimum atomic E-state index is -6.59. The van der Waals surface area contributed by atoms with Crippen LogP contribution in [0.3, 0.4) is 0 Å². The Morgan fingerprint density at radius 1 is 0.520 bits per heavy atom. The molecule has 0 radical (unpaired) electrons. The predicted molar refractivity (Wildman–Crippen MR) is 165 cm³/mol. The van der Waals surface area contributed by atoms with Crippen LogP contribution in [-0.2, 0) is 58.0 Å². The van der Waals surface area contributed by atoms with Crippen molar-refractivity contribution in [1.82, 2.24) is 0 Å². The van der Waals surface area contributed by atoms with Gasteiger partial charge in [-0.25, -0.2) is 31.9 Å². The van der Waals surface area contributed by atoms with Gasteiger partial charge < -0.3 is 60.0 Å². The van der Waals surface area contributed by atoms with Crippen LogP contribution in [0, 0.1) is 0 Å². The number of hydrogen-bond donors (Lipinski definition) is 12. The Morgan fingerprint density at radius 2 is 0.860 bits per heavy atom. The van der Waals surface area contributed by atoms with Gasteiger partial charge in [-0.15, -0.1) is 0 Å². The summed E-state index contributed by atoms with van der Waals surface area (Å²) < 4.78 is 99.3. The van der Waals surface area contributed by atoms with Gasteiger partial charge in [0.2, 0.25) is 5.79 Å². The van der Waals surface area contributed by atoms with Gasteiger partial charge in [0, 0.05) is 0 Å². The van der Waals surface area contributed by atoms with E-state index < -0.39 is 89.9 Å². The molecule has 25 nitrogen and oxygen atoms in total. The fourth-order valence-electron chi connectivity index (χ4n) is 4.07. The molecule has 0 aromatic rings. The summed E-state index contributed by atoms with van der Waals surface area (Å²) in [6.45, 7) is 1.34. The number of phosphoric ester groups is 1. The molecule has 50 heavy (non-hydrogen) atoms. The number of aliphatic hydroxyl groups is 6. The molecule has 296 valence electrons. The van der Waals surface area contributed by atoms with Gasteiger partial charge in [-0.3, -0.25) is 4.52 Å². The van der Waals surface area contributed by atoms with Crippen molar-refractivity contribution in [3.8, 4) is 0 Å². The SMILES string of the molecule is CCCCCCCCCCCCOP(=O)(O[C@]1(O)[C@H](O)[C@H](O)[C@@H](O)[C@H](O)[C@H]1O)OP(=O)(O)OP(=O)(O)OP(=O)(O)OP(=O)(O)OP(=O)(O)O.[NaH]. The summed E-state index contributed by atoms with van der Waals surface area (Å²) in [5.41, 5.74) is 0. The first-order valence-electron chi connectivity index (χ1n) is 14.1. The van der Waals surface area contributed by atoms with Gasteiger partial charge in [-0.1, -0.05) is 64.7 Å². The Morgan fingerprint density at radius 3 is 1.24 bits per heavy atom. The molecule has 5 unspecified atom stereocenters. The molecule has 1 saturated carbocycles. The van der Waals surface area contributed by atoms with Crippen LogP contribution in [0.2, 0.25) is 0 Å². The summed E-state index contributed by atoms with van der Waals surface area (Å²) in [6.07, 6.45) is -5.25. The average Bonchev–Trinajstić information content (AvgIpc) is 2.89. The minimum absolute atomic E-state index is 0. The summed E-state index contributed by atoms with van der Waals surface area (Å²) in [5.74, 6) is -3.85. The van der Waals surface area contributed by atoms with Gasteiger partial charge in [0.15, 0.2) is 0 Å². The Hall–Kier alpha value is 1.62. The van der Waals surface area contributed by atoms with Crippen LogP contribution in [0.15, 0.2) is 0 Å². The van der Waals surface area contributed by atoms with Gasteiger partial charge in [-0.2, -0.15) is 21.6 Å². The molecule has 0 heterocycles. The molecule has 0 aromatic heterocycles. The Labute approximate surface area is 307 Å². The molecule has 0 saturated heterocycles. The monoisotopic (exact) mass is 868 g/mol. The third kappa shape index (κ3) is 18.5. The fourth-order valence-corrected chi connectivity index (χ4v) is 12.1. The molecule has 1 aliphatic carbocycles. The van der Waals surface area contributed by atoms with Crippen LogP contribution in [0.25, 0.3) is 0 Å². The molecular formula is C18H43NaO25P6. The van der Waals surface area contributed by atoms with Crippen molar-refractivity contribution < 1.29 is 118 Å². The van der Waals surface area contributed by atoms with Gasteiger partial charge in [0.25, 0.3) is 0 Å². The van der Waals surface area contributed by atoms with Crippen LogP contribution < -0.4 is 0 Å². The van der Waals surface area contributed by atoms with E-state index >= 15 is 0 Å². The second-order valence-electron chi connectivity index (χ2n) is 10.4. The van der Waals surface area contributed by atoms with E-state index in [-0.39, 0.29) is 36.0 Å². The quantitative estimate of drug-likeness (QED) is 0.0272. The molecule has 0 spiro atoms. The van der Waals surface area contributed by atoms with Crippen molar-refractivity contribution in [3.63, 3.8) is 0 Å². The molecule has 0 aromatic carbocycles. The maximum absolute atomic E-state index is 13.5. The van der Waals surface area contributed by atoms with Crippen molar-refractivity contribution in [1.29, 1.82) is 0 Å². The first-order chi connectivity index (χ1) is 22.1. The van der Waals surface area contributed by atoms with Crippen molar-refractivity contribution in [2.45, 2.75) is 107 Å². The summed E-state index contributed by atoms with van der Waals surface area (Å²) in [6, 6.07) is 0. The van der Waals surface area contributed by atoms with E-state index in [1.807, 2.05) is 0 Å². The summed E-state index contributed by atoms with van der Waals surface area (Å²) in [4.78, 5) is 55.3. The average molecular weight is 868 g/mol. The van der Waals surface area contributed by atoms with E-state index in [1.165, 1.54) is 0 Å². The molecule has 1 fully saturated rings. The van der Waals surface area contributed by atoms with Gasteiger partial charge >= 0.3 is 76.5 Å². The first kappa shape index (κ1) is 51.6. The molecule has 0 amide bonds. The van der Waals surface area contributed by atoms with E-state index in [0.29, 0.717) is 12.8 Å². The van der Waals surface area contributed by atoms with E-state index in [4.69, 9.17) is 19.2 Å². The summed E-state index contributed by atoms with van der Waals surface area (Å²) in [5, 5.41) is 60.8. The molecule has 12 N–H and O–H groups in total. The van der Waals surface area contributed by atoms with Crippen molar-refractivity contribution in [3.05, 3.63) is 0 Å². The van der Waals surface area contributed by atoms with Crippen LogP contribution >= 0.6 is 46.9 Å². The Bertz CT molecular complexity index is 1330. The van der Waals surface area contributed by atoms with Crippen molar-refractivity contribution >= 4 is 76.5 Å². The molecule has 0 aliphatic heterocycles. The molecular weight excluding hydrogens is 825 g/mol. The zero-order valence-electron chi connectivity index (χ0n) is 25.5. The topological polar surface area (TPSA) is 410 Å². The molecule has 1 aliphatic rings. The number of phosphoric acid groups is 6. The zero-order valence-corrected chi connectivity index (χ0v) is 30.9. The molecule has 32 heteroatoms. The van der Waals surface area contributed by atoms with E-state index in [2.05, 4.69) is 33.0 Å². The van der Waals surface area contributed by atoms with Crippen LogP contribution in [0.1, 0.15) is 71.1 Å². The van der Waals surface area contributed by atoms with Crippen LogP contribution in [-0.4, -0.2) is 132 Å². The number of unbranched alkanes of at least 4 members (excludes halogenated alkanes) is 9. The molecule has 11 atom stereocenters. The van der Waals surface area contributed by atoms with Gasteiger partial charge in [0.1, 0.15) is 30.5 Å². The van der Waals surface area contributed by atoms with Crippen molar-refractivity contribution in [2.75, 3.05) is 6.61 Å². The predicted octanol–water partition coefficient (Wildman–Crippen LogP) is 0.484. The van der Waals surface area contributed by atoms with Gasteiger partial charge in [0.05, 0.1) is 6.61 Å². The second kappa shape index (κ2) is 21.2. The second-order valence-corrected chi connectivity index (χ2v) is 19.8.